The fourth-order valence-corrected chi connectivity index (χ4v) is 1.07. The zero-order chi connectivity index (χ0) is 11.3. The van der Waals surface area contributed by atoms with Crippen LogP contribution in [0.4, 0.5) is 5.69 Å². The molecular weight excluding hydrogens is 216 g/mol. The van der Waals surface area contributed by atoms with Crippen molar-refractivity contribution >= 4 is 29.5 Å². The van der Waals surface area contributed by atoms with Gasteiger partial charge in [0.25, 0.3) is 0 Å². The third-order valence-corrected chi connectivity index (χ3v) is 1.95. The van der Waals surface area contributed by atoms with Gasteiger partial charge in [0.2, 0.25) is 0 Å². The number of carbonyl (C=O) groups excluding carboxylic acids is 1. The Morgan fingerprint density at radius 3 is 2.53 bits per heavy atom. The smallest absolute Gasteiger partial charge is 0.330 e. The Labute approximate surface area is 93.0 Å². The average molecular weight is 227 g/mol. The van der Waals surface area contributed by atoms with Gasteiger partial charge in [-0.15, -0.1) is 0 Å². The zero-order valence-corrected chi connectivity index (χ0v) is 8.94. The third kappa shape index (κ3) is 3.61. The highest BCUT2D eigenvalue weighted by Gasteiger charge is 1.96. The molecule has 0 aliphatic carbocycles. The molecule has 0 heterocycles. The van der Waals surface area contributed by atoms with Crippen molar-refractivity contribution in [2.45, 2.75) is 0 Å². The fraction of sp³-hybridized carbons (Fsp3) is 0.100. The summed E-state index contributed by atoms with van der Waals surface area (Å²) in [6.45, 7) is 0. The average Bonchev–Trinajstić information content (AvgIpc) is 2.26. The molecule has 0 aromatic heterocycles. The van der Waals surface area contributed by atoms with Gasteiger partial charge in [-0.2, -0.15) is 0 Å². The number of esters is 1. The number of methoxy groups -OCH3 is 1. The van der Waals surface area contributed by atoms with E-state index in [2.05, 4.69) is 4.74 Å². The van der Waals surface area contributed by atoms with Gasteiger partial charge in [-0.1, -0.05) is 12.1 Å². The van der Waals surface area contributed by atoms with E-state index in [0.717, 1.165) is 10.1 Å². The van der Waals surface area contributed by atoms with Gasteiger partial charge in [0, 0.05) is 17.9 Å². The maximum Gasteiger partial charge on any atom is 0.330 e. The van der Waals surface area contributed by atoms with Crippen molar-refractivity contribution in [3.63, 3.8) is 0 Å². The van der Waals surface area contributed by atoms with Crippen molar-refractivity contribution < 1.29 is 9.53 Å². The highest BCUT2D eigenvalue weighted by Crippen LogP contribution is 2.14. The van der Waals surface area contributed by atoms with Crippen molar-refractivity contribution in [3.8, 4) is 0 Å². The lowest BCUT2D eigenvalue weighted by Gasteiger charge is -2.07. The van der Waals surface area contributed by atoms with Crippen LogP contribution in [0, 0.1) is 0 Å². The number of nitrogens with zero attached hydrogens (tertiary/aromatic N) is 1. The molecule has 2 N–H and O–H groups in total. The topological polar surface area (TPSA) is 55.6 Å². The Kier molecular flexibility index (Phi) is 4.15. The van der Waals surface area contributed by atoms with Gasteiger partial charge in [-0.05, 0) is 23.8 Å². The van der Waals surface area contributed by atoms with E-state index in [0.29, 0.717) is 5.69 Å². The summed E-state index contributed by atoms with van der Waals surface area (Å²) in [5, 5.41) is 0. The molecule has 0 fully saturated rings. The van der Waals surface area contributed by atoms with Crippen LogP contribution in [-0.2, 0) is 9.53 Å². The molecular formula is C10H11ClN2O2. The van der Waals surface area contributed by atoms with Crippen LogP contribution >= 0.6 is 11.8 Å². The molecule has 0 atom stereocenters. The van der Waals surface area contributed by atoms with E-state index in [9.17, 15) is 4.79 Å². The van der Waals surface area contributed by atoms with E-state index >= 15 is 0 Å². The van der Waals surface area contributed by atoms with Gasteiger partial charge in [-0.3, -0.25) is 0 Å². The first-order chi connectivity index (χ1) is 7.13. The minimum atomic E-state index is -0.392. The van der Waals surface area contributed by atoms with Crippen LogP contribution in [-0.4, -0.2) is 13.1 Å². The molecule has 0 aliphatic rings. The molecule has 0 amide bonds. The summed E-state index contributed by atoms with van der Waals surface area (Å²) < 4.78 is 5.45. The summed E-state index contributed by atoms with van der Waals surface area (Å²) >= 11 is 5.52. The van der Waals surface area contributed by atoms with Gasteiger partial charge in [0.15, 0.2) is 0 Å². The monoisotopic (exact) mass is 226 g/mol. The number of carbonyl (C=O) groups is 1. The molecule has 0 aliphatic heterocycles. The van der Waals surface area contributed by atoms with E-state index in [1.165, 1.54) is 13.2 Å². The van der Waals surface area contributed by atoms with Gasteiger partial charge >= 0.3 is 5.97 Å². The standard InChI is InChI=1S/C10H11ClN2O2/c1-15-10(14)7-4-8-2-5-9(6-3-8)13(11)12/h2-7H,12H2,1H3/b7-4+. The molecule has 0 saturated carbocycles. The van der Waals surface area contributed by atoms with Crippen LogP contribution in [0.5, 0.6) is 0 Å². The molecule has 1 aromatic rings. The van der Waals surface area contributed by atoms with E-state index in [4.69, 9.17) is 17.6 Å². The predicted molar refractivity (Wildman–Crippen MR) is 60.0 cm³/mol. The SMILES string of the molecule is COC(=O)/C=C/c1ccc(N(N)Cl)cc1. The lowest BCUT2D eigenvalue weighted by atomic mass is 10.2. The summed E-state index contributed by atoms with van der Waals surface area (Å²) in [6, 6.07) is 7.06. The van der Waals surface area contributed by atoms with E-state index in [1.54, 1.807) is 30.3 Å². The molecule has 0 bridgehead atoms. The summed E-state index contributed by atoms with van der Waals surface area (Å²) in [6.07, 6.45) is 2.99. The number of halogens is 1. The molecule has 0 saturated heterocycles. The largest absolute Gasteiger partial charge is 0.466 e. The number of ether oxygens (including phenoxy) is 1. The molecule has 0 spiro atoms. The number of anilines is 1. The lowest BCUT2D eigenvalue weighted by Crippen LogP contribution is -2.17. The number of hydrazine groups is 1. The van der Waals surface area contributed by atoms with Gasteiger partial charge < -0.3 is 4.74 Å². The molecule has 5 heteroatoms. The molecule has 1 rings (SSSR count). The Morgan fingerprint density at radius 2 is 2.07 bits per heavy atom. The zero-order valence-electron chi connectivity index (χ0n) is 8.18. The Bertz CT molecular complexity index is 360. The van der Waals surface area contributed by atoms with Crippen molar-refractivity contribution in [1.29, 1.82) is 0 Å². The van der Waals surface area contributed by atoms with E-state index < -0.39 is 5.97 Å². The number of rotatable bonds is 3. The molecule has 1 aromatic carbocycles. The number of hydrogen-bond acceptors (Lipinski definition) is 4. The minimum absolute atomic E-state index is 0.392. The third-order valence-electron chi connectivity index (χ3n) is 1.75. The Morgan fingerprint density at radius 1 is 1.47 bits per heavy atom. The first kappa shape index (κ1) is 11.6. The van der Waals surface area contributed by atoms with Crippen LogP contribution in [0.2, 0.25) is 0 Å². The lowest BCUT2D eigenvalue weighted by molar-refractivity contribution is -0.134. The van der Waals surface area contributed by atoms with Crippen molar-refractivity contribution in [2.24, 2.45) is 5.84 Å². The van der Waals surface area contributed by atoms with Crippen LogP contribution in [0.15, 0.2) is 30.3 Å². The predicted octanol–water partition coefficient (Wildman–Crippen LogP) is 1.71. The van der Waals surface area contributed by atoms with Crippen LogP contribution in [0.25, 0.3) is 6.08 Å². The van der Waals surface area contributed by atoms with E-state index in [-0.39, 0.29) is 0 Å². The van der Waals surface area contributed by atoms with Crippen molar-refractivity contribution in [3.05, 3.63) is 35.9 Å². The normalized spacial score (nSPS) is 10.3. The molecule has 0 radical (unpaired) electrons. The number of hydrogen-bond donors (Lipinski definition) is 1. The Hall–Kier alpha value is -1.52. The van der Waals surface area contributed by atoms with Crippen molar-refractivity contribution in [2.75, 3.05) is 11.6 Å². The summed E-state index contributed by atoms with van der Waals surface area (Å²) in [4.78, 5) is 10.8. The maximum atomic E-state index is 10.8. The first-order valence-corrected chi connectivity index (χ1v) is 4.54. The molecule has 0 unspecified atom stereocenters. The molecule has 15 heavy (non-hydrogen) atoms. The van der Waals surface area contributed by atoms with E-state index in [1.807, 2.05) is 0 Å². The van der Waals surface area contributed by atoms with Crippen LogP contribution in [0.1, 0.15) is 5.56 Å². The second kappa shape index (κ2) is 5.38. The maximum absolute atomic E-state index is 10.8. The van der Waals surface area contributed by atoms with Crippen LogP contribution < -0.4 is 10.4 Å². The summed E-state index contributed by atoms with van der Waals surface area (Å²) in [5.74, 6) is 4.92. The second-order valence-electron chi connectivity index (χ2n) is 2.76. The number of nitrogens with two attached hydrogens (primary N) is 1. The summed E-state index contributed by atoms with van der Waals surface area (Å²) in [7, 11) is 1.33. The fourth-order valence-electron chi connectivity index (χ4n) is 0.960. The molecule has 4 nitrogen and oxygen atoms in total. The quantitative estimate of drug-likeness (QED) is 0.280. The van der Waals surface area contributed by atoms with Gasteiger partial charge in [0.1, 0.15) is 0 Å². The highest BCUT2D eigenvalue weighted by atomic mass is 35.5. The van der Waals surface area contributed by atoms with Crippen LogP contribution in [0.3, 0.4) is 0 Å². The second-order valence-corrected chi connectivity index (χ2v) is 3.12. The number of benzene rings is 1. The minimum Gasteiger partial charge on any atom is -0.466 e. The summed E-state index contributed by atoms with van der Waals surface area (Å²) in [5.41, 5.74) is 1.54. The molecule has 80 valence electrons. The highest BCUT2D eigenvalue weighted by molar-refractivity contribution is 6.24. The Balaban J connectivity index is 2.72. The van der Waals surface area contributed by atoms with Crippen molar-refractivity contribution in [1.82, 2.24) is 0 Å². The van der Waals surface area contributed by atoms with Gasteiger partial charge in [-0.25, -0.2) is 15.2 Å². The first-order valence-electron chi connectivity index (χ1n) is 4.20. The van der Waals surface area contributed by atoms with Gasteiger partial charge in [0.05, 0.1) is 12.8 Å².